The Bertz CT molecular complexity index is 301. The fraction of sp³-hybridized carbons (Fsp3) is 0.333. The summed E-state index contributed by atoms with van der Waals surface area (Å²) in [5, 5.41) is 0. The average Bonchev–Trinajstić information content (AvgIpc) is 2.21. The summed E-state index contributed by atoms with van der Waals surface area (Å²) >= 11 is 0. The molecule has 0 fully saturated rings. The van der Waals surface area contributed by atoms with Gasteiger partial charge in [-0.1, -0.05) is 23.8 Å². The van der Waals surface area contributed by atoms with Crippen molar-refractivity contribution in [2.75, 3.05) is 13.2 Å². The van der Waals surface area contributed by atoms with Crippen LogP contribution in [0.2, 0.25) is 0 Å². The van der Waals surface area contributed by atoms with Gasteiger partial charge >= 0.3 is 0 Å². The van der Waals surface area contributed by atoms with Crippen LogP contribution in [0.25, 0.3) is 6.08 Å². The molecule has 1 rings (SSSR count). The molecule has 0 unspecified atom stereocenters. The summed E-state index contributed by atoms with van der Waals surface area (Å²) in [4.78, 5) is 0. The normalized spacial score (nSPS) is 11.5. The Balaban J connectivity index is 2.73. The summed E-state index contributed by atoms with van der Waals surface area (Å²) in [6.45, 7) is 5.31. The third-order valence-corrected chi connectivity index (χ3v) is 1.93. The van der Waals surface area contributed by atoms with Crippen LogP contribution in [-0.2, 0) is 0 Å². The van der Waals surface area contributed by atoms with E-state index in [1.54, 1.807) is 0 Å². The van der Waals surface area contributed by atoms with Gasteiger partial charge in [-0.3, -0.25) is 0 Å². The van der Waals surface area contributed by atoms with Gasteiger partial charge in [0.1, 0.15) is 5.75 Å². The van der Waals surface area contributed by atoms with Gasteiger partial charge in [-0.15, -0.1) is 0 Å². The number of nitrogens with two attached hydrogens (primary N) is 1. The van der Waals surface area contributed by atoms with Gasteiger partial charge < -0.3 is 10.5 Å². The second kappa shape index (κ2) is 5.45. The van der Waals surface area contributed by atoms with Crippen LogP contribution in [0.5, 0.6) is 5.75 Å². The highest BCUT2D eigenvalue weighted by Crippen LogP contribution is 2.14. The zero-order chi connectivity index (χ0) is 10.4. The minimum Gasteiger partial charge on any atom is -0.494 e. The van der Waals surface area contributed by atoms with Crippen LogP contribution >= 0.6 is 0 Å². The second-order valence-electron chi connectivity index (χ2n) is 3.20. The molecule has 0 atom stereocenters. The first-order valence-corrected chi connectivity index (χ1v) is 4.86. The average molecular weight is 191 g/mol. The van der Waals surface area contributed by atoms with Gasteiger partial charge in [0.05, 0.1) is 6.61 Å². The highest BCUT2D eigenvalue weighted by Gasteiger charge is 1.92. The van der Waals surface area contributed by atoms with E-state index in [1.165, 1.54) is 5.57 Å². The topological polar surface area (TPSA) is 35.2 Å². The van der Waals surface area contributed by atoms with Gasteiger partial charge in [0.25, 0.3) is 0 Å². The van der Waals surface area contributed by atoms with Gasteiger partial charge in [0.2, 0.25) is 0 Å². The highest BCUT2D eigenvalue weighted by molar-refractivity contribution is 5.53. The minimum absolute atomic E-state index is 0.604. The molecule has 0 saturated heterocycles. The van der Waals surface area contributed by atoms with E-state index in [-0.39, 0.29) is 0 Å². The van der Waals surface area contributed by atoms with Gasteiger partial charge in [-0.25, -0.2) is 0 Å². The summed E-state index contributed by atoms with van der Waals surface area (Å²) in [7, 11) is 0. The first kappa shape index (κ1) is 10.8. The van der Waals surface area contributed by atoms with E-state index in [2.05, 4.69) is 6.08 Å². The molecule has 0 radical (unpaired) electrons. The number of hydrogen-bond acceptors (Lipinski definition) is 2. The molecule has 0 aliphatic rings. The van der Waals surface area contributed by atoms with Crippen molar-refractivity contribution in [3.05, 3.63) is 35.4 Å². The lowest BCUT2D eigenvalue weighted by atomic mass is 10.1. The smallest absolute Gasteiger partial charge is 0.119 e. The van der Waals surface area contributed by atoms with Crippen LogP contribution in [0.15, 0.2) is 29.8 Å². The third kappa shape index (κ3) is 3.23. The monoisotopic (exact) mass is 191 g/mol. The Labute approximate surface area is 85.4 Å². The van der Waals surface area contributed by atoms with Crippen molar-refractivity contribution < 1.29 is 4.74 Å². The predicted octanol–water partition coefficient (Wildman–Crippen LogP) is 2.45. The molecule has 2 N–H and O–H groups in total. The van der Waals surface area contributed by atoms with Crippen LogP contribution in [0.3, 0.4) is 0 Å². The molecule has 0 saturated carbocycles. The molecule has 0 bridgehead atoms. The van der Waals surface area contributed by atoms with Crippen LogP contribution in [0.4, 0.5) is 0 Å². The molecular weight excluding hydrogens is 174 g/mol. The highest BCUT2D eigenvalue weighted by atomic mass is 16.5. The van der Waals surface area contributed by atoms with E-state index >= 15 is 0 Å². The molecule has 0 aliphatic heterocycles. The molecule has 2 heteroatoms. The van der Waals surface area contributed by atoms with E-state index < -0.39 is 0 Å². The van der Waals surface area contributed by atoms with E-state index in [0.717, 1.165) is 11.3 Å². The zero-order valence-electron chi connectivity index (χ0n) is 8.79. The fourth-order valence-electron chi connectivity index (χ4n) is 1.17. The Morgan fingerprint density at radius 3 is 2.50 bits per heavy atom. The maximum absolute atomic E-state index is 5.50. The lowest BCUT2D eigenvalue weighted by Gasteiger charge is -2.03. The molecule has 1 aromatic rings. The number of rotatable bonds is 4. The first-order valence-electron chi connectivity index (χ1n) is 4.86. The van der Waals surface area contributed by atoms with Crippen molar-refractivity contribution in [3.63, 3.8) is 0 Å². The van der Waals surface area contributed by atoms with E-state index in [9.17, 15) is 0 Å². The zero-order valence-corrected chi connectivity index (χ0v) is 8.79. The molecule has 2 nitrogen and oxygen atoms in total. The number of ether oxygens (including phenoxy) is 1. The van der Waals surface area contributed by atoms with E-state index in [0.29, 0.717) is 13.2 Å². The standard InChI is InChI=1S/C12H17NO/c1-3-14-12-6-4-11(5-7-12)8-10(2)9-13/h4-8H,3,9,13H2,1-2H3. The summed E-state index contributed by atoms with van der Waals surface area (Å²) in [6.07, 6.45) is 2.08. The molecule has 76 valence electrons. The lowest BCUT2D eigenvalue weighted by molar-refractivity contribution is 0.340. The minimum atomic E-state index is 0.604. The van der Waals surface area contributed by atoms with Crippen LogP contribution < -0.4 is 10.5 Å². The fourth-order valence-corrected chi connectivity index (χ4v) is 1.17. The molecular formula is C12H17NO. The van der Waals surface area contributed by atoms with Gasteiger partial charge in [0, 0.05) is 6.54 Å². The Morgan fingerprint density at radius 2 is 2.00 bits per heavy atom. The van der Waals surface area contributed by atoms with Gasteiger partial charge in [-0.05, 0) is 31.5 Å². The Kier molecular flexibility index (Phi) is 4.20. The third-order valence-electron chi connectivity index (χ3n) is 1.93. The molecule has 0 spiro atoms. The molecule has 1 aromatic carbocycles. The van der Waals surface area contributed by atoms with Gasteiger partial charge in [-0.2, -0.15) is 0 Å². The van der Waals surface area contributed by atoms with Crippen molar-refractivity contribution >= 4 is 6.08 Å². The first-order chi connectivity index (χ1) is 6.76. The van der Waals surface area contributed by atoms with E-state index in [4.69, 9.17) is 10.5 Å². The molecule has 0 heterocycles. The molecule has 14 heavy (non-hydrogen) atoms. The summed E-state index contributed by atoms with van der Waals surface area (Å²) in [6, 6.07) is 8.01. The Hall–Kier alpha value is -1.28. The quantitative estimate of drug-likeness (QED) is 0.793. The van der Waals surface area contributed by atoms with Crippen LogP contribution in [0.1, 0.15) is 19.4 Å². The summed E-state index contributed by atoms with van der Waals surface area (Å²) < 4.78 is 5.35. The predicted molar refractivity (Wildman–Crippen MR) is 60.3 cm³/mol. The number of hydrogen-bond donors (Lipinski definition) is 1. The molecule has 0 aromatic heterocycles. The maximum Gasteiger partial charge on any atom is 0.119 e. The maximum atomic E-state index is 5.50. The van der Waals surface area contributed by atoms with Crippen LogP contribution in [-0.4, -0.2) is 13.2 Å². The SMILES string of the molecule is CCOc1ccc(C=C(C)CN)cc1. The Morgan fingerprint density at radius 1 is 1.36 bits per heavy atom. The van der Waals surface area contributed by atoms with Crippen LogP contribution in [0, 0.1) is 0 Å². The van der Waals surface area contributed by atoms with Crippen molar-refractivity contribution in [1.29, 1.82) is 0 Å². The van der Waals surface area contributed by atoms with E-state index in [1.807, 2.05) is 38.1 Å². The lowest BCUT2D eigenvalue weighted by Crippen LogP contribution is -1.99. The summed E-state index contributed by atoms with van der Waals surface area (Å²) in [5.41, 5.74) is 7.84. The second-order valence-corrected chi connectivity index (χ2v) is 3.20. The van der Waals surface area contributed by atoms with Crippen molar-refractivity contribution in [2.24, 2.45) is 5.73 Å². The number of benzene rings is 1. The van der Waals surface area contributed by atoms with Gasteiger partial charge in [0.15, 0.2) is 0 Å². The largest absolute Gasteiger partial charge is 0.494 e. The van der Waals surface area contributed by atoms with Crippen molar-refractivity contribution in [3.8, 4) is 5.75 Å². The summed E-state index contributed by atoms with van der Waals surface area (Å²) in [5.74, 6) is 0.912. The van der Waals surface area contributed by atoms with Crippen molar-refractivity contribution in [2.45, 2.75) is 13.8 Å². The molecule has 0 aliphatic carbocycles. The van der Waals surface area contributed by atoms with Crippen molar-refractivity contribution in [1.82, 2.24) is 0 Å². The molecule has 0 amide bonds.